The third kappa shape index (κ3) is 6.96. The van der Waals surface area contributed by atoms with Gasteiger partial charge < -0.3 is 19.3 Å². The van der Waals surface area contributed by atoms with Crippen LogP contribution in [0.4, 0.5) is 5.69 Å². The first-order valence-corrected chi connectivity index (χ1v) is 14.4. The van der Waals surface area contributed by atoms with Crippen LogP contribution in [-0.2, 0) is 15.1 Å². The molecule has 1 fully saturated rings. The molecule has 5 nitrogen and oxygen atoms in total. The summed E-state index contributed by atoms with van der Waals surface area (Å²) in [4.78, 5) is 17.1. The topological polar surface area (TPSA) is 42.0 Å². The van der Waals surface area contributed by atoms with Crippen molar-refractivity contribution in [3.63, 3.8) is 0 Å². The van der Waals surface area contributed by atoms with Gasteiger partial charge >= 0.3 is 0 Å². The number of ether oxygens (including phenoxy) is 2. The van der Waals surface area contributed by atoms with Crippen LogP contribution in [0.15, 0.2) is 72.8 Å². The molecular formula is C32H38Cl2N2O3. The summed E-state index contributed by atoms with van der Waals surface area (Å²) in [6.07, 6.45) is 3.58. The van der Waals surface area contributed by atoms with Gasteiger partial charge in [-0.25, -0.2) is 0 Å². The van der Waals surface area contributed by atoms with Crippen molar-refractivity contribution in [2.45, 2.75) is 44.2 Å². The van der Waals surface area contributed by atoms with Gasteiger partial charge in [-0.05, 0) is 60.4 Å². The van der Waals surface area contributed by atoms with Crippen LogP contribution in [0.1, 0.15) is 60.1 Å². The SMILES string of the molecule is CCCCN(C)C(=O)c1ccc(N2CCC(OCCOC)(c3ccccc3)CC2c2ccc(Cl)c(Cl)c2)cc1. The number of rotatable bonds is 11. The maximum Gasteiger partial charge on any atom is 0.253 e. The standard InChI is InChI=1S/C32H38Cl2N2O3/c1-4-5-18-35(2)31(37)24-11-14-27(15-12-24)36-19-17-32(39-21-20-38-3,26-9-7-6-8-10-26)23-30(36)25-13-16-28(33)29(34)22-25/h6-16,22,30H,4-5,17-21,23H2,1-3H3. The second kappa shape index (κ2) is 13.7. The first-order chi connectivity index (χ1) is 18.9. The Morgan fingerprint density at radius 2 is 1.77 bits per heavy atom. The highest BCUT2D eigenvalue weighted by atomic mass is 35.5. The summed E-state index contributed by atoms with van der Waals surface area (Å²) < 4.78 is 12.0. The number of carbonyl (C=O) groups excluding carboxylic acids is 1. The smallest absolute Gasteiger partial charge is 0.253 e. The molecule has 4 rings (SSSR count). The van der Waals surface area contributed by atoms with Crippen LogP contribution in [-0.4, -0.2) is 51.3 Å². The normalized spacial score (nSPS) is 19.2. The van der Waals surface area contributed by atoms with Gasteiger partial charge in [-0.2, -0.15) is 0 Å². The second-order valence-electron chi connectivity index (χ2n) is 10.2. The molecule has 1 amide bonds. The van der Waals surface area contributed by atoms with Gasteiger partial charge in [0.25, 0.3) is 5.91 Å². The number of hydrogen-bond acceptors (Lipinski definition) is 4. The number of carbonyl (C=O) groups is 1. The van der Waals surface area contributed by atoms with Gasteiger partial charge in [-0.15, -0.1) is 0 Å². The largest absolute Gasteiger partial charge is 0.382 e. The average Bonchev–Trinajstić information content (AvgIpc) is 2.97. The average molecular weight is 570 g/mol. The molecule has 0 aromatic heterocycles. The number of halogens is 2. The second-order valence-corrected chi connectivity index (χ2v) is 11.0. The first-order valence-electron chi connectivity index (χ1n) is 13.6. The molecular weight excluding hydrogens is 531 g/mol. The molecule has 208 valence electrons. The van der Waals surface area contributed by atoms with Crippen molar-refractivity contribution in [1.82, 2.24) is 4.90 Å². The summed E-state index contributed by atoms with van der Waals surface area (Å²) >= 11 is 12.8. The van der Waals surface area contributed by atoms with E-state index in [0.717, 1.165) is 55.6 Å². The lowest BCUT2D eigenvalue weighted by molar-refractivity contribution is -0.0897. The number of amides is 1. The van der Waals surface area contributed by atoms with E-state index in [-0.39, 0.29) is 11.9 Å². The number of hydrogen-bond donors (Lipinski definition) is 0. The lowest BCUT2D eigenvalue weighted by atomic mass is 9.78. The van der Waals surface area contributed by atoms with Crippen LogP contribution >= 0.6 is 23.2 Å². The Labute approximate surface area is 242 Å². The van der Waals surface area contributed by atoms with Gasteiger partial charge in [-0.3, -0.25) is 4.79 Å². The fraction of sp³-hybridized carbons (Fsp3) is 0.406. The summed E-state index contributed by atoms with van der Waals surface area (Å²) in [5.74, 6) is 0.0457. The molecule has 3 aromatic rings. The maximum atomic E-state index is 12.9. The number of anilines is 1. The highest BCUT2D eigenvalue weighted by molar-refractivity contribution is 6.42. The fourth-order valence-corrected chi connectivity index (χ4v) is 5.67. The Morgan fingerprint density at radius 3 is 2.44 bits per heavy atom. The Morgan fingerprint density at radius 1 is 1.03 bits per heavy atom. The van der Waals surface area contributed by atoms with Gasteiger partial charge in [0.2, 0.25) is 0 Å². The molecule has 2 unspecified atom stereocenters. The molecule has 1 aliphatic rings. The highest BCUT2D eigenvalue weighted by Crippen LogP contribution is 2.47. The van der Waals surface area contributed by atoms with Crippen molar-refractivity contribution in [1.29, 1.82) is 0 Å². The van der Waals surface area contributed by atoms with E-state index in [1.165, 1.54) is 0 Å². The number of methoxy groups -OCH3 is 1. The molecule has 1 aliphatic heterocycles. The van der Waals surface area contributed by atoms with E-state index in [1.807, 2.05) is 55.6 Å². The minimum Gasteiger partial charge on any atom is -0.382 e. The van der Waals surface area contributed by atoms with E-state index in [9.17, 15) is 4.79 Å². The summed E-state index contributed by atoms with van der Waals surface area (Å²) in [6.45, 7) is 4.68. The third-order valence-corrected chi connectivity index (χ3v) is 8.33. The molecule has 0 bridgehead atoms. The van der Waals surface area contributed by atoms with Crippen molar-refractivity contribution >= 4 is 34.8 Å². The molecule has 39 heavy (non-hydrogen) atoms. The van der Waals surface area contributed by atoms with Crippen molar-refractivity contribution in [2.75, 3.05) is 45.4 Å². The highest BCUT2D eigenvalue weighted by Gasteiger charge is 2.43. The van der Waals surface area contributed by atoms with E-state index in [1.54, 1.807) is 12.0 Å². The summed E-state index contributed by atoms with van der Waals surface area (Å²) in [5, 5.41) is 1.06. The fourth-order valence-electron chi connectivity index (χ4n) is 5.36. The molecule has 3 aromatic carbocycles. The zero-order valence-corrected chi connectivity index (χ0v) is 24.5. The molecule has 1 saturated heterocycles. The number of nitrogens with zero attached hydrogens (tertiary/aromatic N) is 2. The molecule has 0 N–H and O–H groups in total. The van der Waals surface area contributed by atoms with E-state index < -0.39 is 5.60 Å². The van der Waals surface area contributed by atoms with Crippen molar-refractivity contribution in [3.05, 3.63) is 99.5 Å². The Bertz CT molecular complexity index is 1220. The van der Waals surface area contributed by atoms with Gasteiger partial charge in [0.15, 0.2) is 0 Å². The zero-order valence-electron chi connectivity index (χ0n) is 23.0. The zero-order chi connectivity index (χ0) is 27.8. The molecule has 0 saturated carbocycles. The molecule has 0 aliphatic carbocycles. The summed E-state index contributed by atoms with van der Waals surface area (Å²) in [7, 11) is 3.55. The molecule has 0 radical (unpaired) electrons. The predicted molar refractivity (Wildman–Crippen MR) is 160 cm³/mol. The van der Waals surface area contributed by atoms with Crippen LogP contribution in [0, 0.1) is 0 Å². The van der Waals surface area contributed by atoms with Gasteiger partial charge in [0.1, 0.15) is 0 Å². The number of piperidine rings is 1. The Hall–Kier alpha value is -2.57. The van der Waals surface area contributed by atoms with Crippen molar-refractivity contribution in [2.24, 2.45) is 0 Å². The Balaban J connectivity index is 1.68. The van der Waals surface area contributed by atoms with Crippen molar-refractivity contribution < 1.29 is 14.3 Å². The van der Waals surface area contributed by atoms with Crippen LogP contribution in [0.2, 0.25) is 10.0 Å². The monoisotopic (exact) mass is 568 g/mol. The van der Waals surface area contributed by atoms with E-state index in [2.05, 4.69) is 36.1 Å². The van der Waals surface area contributed by atoms with Gasteiger partial charge in [-0.1, -0.05) is 72.9 Å². The molecule has 0 spiro atoms. The molecule has 1 heterocycles. The van der Waals surface area contributed by atoms with Crippen molar-refractivity contribution in [3.8, 4) is 0 Å². The Kier molecular flexibility index (Phi) is 10.3. The van der Waals surface area contributed by atoms with Crippen LogP contribution in [0.5, 0.6) is 0 Å². The van der Waals surface area contributed by atoms with Gasteiger partial charge in [0, 0.05) is 44.9 Å². The quantitative estimate of drug-likeness (QED) is 0.221. The molecule has 7 heteroatoms. The minimum atomic E-state index is -0.481. The summed E-state index contributed by atoms with van der Waals surface area (Å²) in [6, 6.07) is 24.2. The van der Waals surface area contributed by atoms with Crippen LogP contribution in [0.3, 0.4) is 0 Å². The van der Waals surface area contributed by atoms with Crippen LogP contribution in [0.25, 0.3) is 0 Å². The first kappa shape index (κ1) is 29.4. The summed E-state index contributed by atoms with van der Waals surface area (Å²) in [5.41, 5.74) is 3.49. The minimum absolute atomic E-state index is 0.0231. The van der Waals surface area contributed by atoms with E-state index in [0.29, 0.717) is 28.8 Å². The molecule has 2 atom stereocenters. The number of unbranched alkanes of at least 4 members (excludes halogenated alkanes) is 1. The lowest BCUT2D eigenvalue weighted by Crippen LogP contribution is -2.46. The van der Waals surface area contributed by atoms with Gasteiger partial charge in [0.05, 0.1) is 34.9 Å². The van der Waals surface area contributed by atoms with E-state index >= 15 is 0 Å². The lowest BCUT2D eigenvalue weighted by Gasteiger charge is -2.48. The maximum absolute atomic E-state index is 12.9. The van der Waals surface area contributed by atoms with Crippen LogP contribution < -0.4 is 4.90 Å². The van der Waals surface area contributed by atoms with E-state index in [4.69, 9.17) is 32.7 Å². The third-order valence-electron chi connectivity index (χ3n) is 7.59. The predicted octanol–water partition coefficient (Wildman–Crippen LogP) is 7.77. The number of benzene rings is 3.